The van der Waals surface area contributed by atoms with Crippen LogP contribution in [0.15, 0.2) is 60.8 Å². The lowest BCUT2D eigenvalue weighted by molar-refractivity contribution is -0.144. The molecule has 3 aliphatic heterocycles. The summed E-state index contributed by atoms with van der Waals surface area (Å²) in [5.41, 5.74) is 6.57. The summed E-state index contributed by atoms with van der Waals surface area (Å²) in [5.74, 6) is 0.290. The summed E-state index contributed by atoms with van der Waals surface area (Å²) < 4.78 is 5.31. The highest BCUT2D eigenvalue weighted by molar-refractivity contribution is 6.06. The molecule has 0 radical (unpaired) electrons. The van der Waals surface area contributed by atoms with E-state index in [0.717, 1.165) is 44.7 Å². The van der Waals surface area contributed by atoms with E-state index in [-0.39, 0.29) is 30.6 Å². The van der Waals surface area contributed by atoms with E-state index in [2.05, 4.69) is 44.8 Å². The fourth-order valence-electron chi connectivity index (χ4n) is 7.70. The Bertz CT molecular complexity index is 1850. The molecule has 2 atom stereocenters. The standard InChI is InChI=1S/C33H29N5O4/c1-2-42-28(40)16-32-15-27(39)36-24-6-3-7-26(29(24)32)38(18-32)17-22-9-8-19-11-20-13-33(14-21(20)12-25(19)35-22)23-5-4-10-34-30(23)37-31(33)41/h3-12H,2,13-18H2,1H3,(H,36,39)(H,34,37,41)/t32?,33-/m0/s1. The zero-order valence-corrected chi connectivity index (χ0v) is 23.2. The highest BCUT2D eigenvalue weighted by Gasteiger charge is 2.52. The van der Waals surface area contributed by atoms with Crippen molar-refractivity contribution in [3.63, 3.8) is 0 Å². The Morgan fingerprint density at radius 3 is 2.74 bits per heavy atom. The van der Waals surface area contributed by atoms with Crippen molar-refractivity contribution in [2.45, 2.75) is 50.0 Å². The number of aromatic nitrogens is 2. The van der Waals surface area contributed by atoms with Crippen molar-refractivity contribution >= 4 is 45.9 Å². The number of pyridine rings is 2. The lowest BCUT2D eigenvalue weighted by Crippen LogP contribution is -2.42. The van der Waals surface area contributed by atoms with Crippen molar-refractivity contribution in [3.8, 4) is 0 Å². The molecule has 5 heterocycles. The first kappa shape index (κ1) is 25.0. The van der Waals surface area contributed by atoms with Gasteiger partial charge < -0.3 is 20.3 Å². The number of benzene rings is 2. The minimum absolute atomic E-state index is 0.00815. The molecule has 1 aliphatic carbocycles. The van der Waals surface area contributed by atoms with E-state index in [9.17, 15) is 14.4 Å². The summed E-state index contributed by atoms with van der Waals surface area (Å²) in [5, 5.41) is 7.01. The number of carbonyl (C=O) groups is 3. The topological polar surface area (TPSA) is 114 Å². The first-order valence-corrected chi connectivity index (χ1v) is 14.4. The lowest BCUT2D eigenvalue weighted by atomic mass is 9.73. The number of nitrogens with zero attached hydrogens (tertiary/aromatic N) is 3. The second-order valence-electron chi connectivity index (χ2n) is 11.9. The maximum Gasteiger partial charge on any atom is 0.306 e. The van der Waals surface area contributed by atoms with Gasteiger partial charge in [0.1, 0.15) is 5.82 Å². The fourth-order valence-corrected chi connectivity index (χ4v) is 7.70. The van der Waals surface area contributed by atoms with E-state index in [4.69, 9.17) is 9.72 Å². The normalized spacial score (nSPS) is 23.0. The van der Waals surface area contributed by atoms with Crippen molar-refractivity contribution in [2.24, 2.45) is 0 Å². The highest BCUT2D eigenvalue weighted by atomic mass is 16.5. The van der Waals surface area contributed by atoms with E-state index in [0.29, 0.717) is 38.4 Å². The van der Waals surface area contributed by atoms with Crippen molar-refractivity contribution in [1.29, 1.82) is 0 Å². The van der Waals surface area contributed by atoms with E-state index in [1.165, 1.54) is 5.56 Å². The molecule has 1 spiro atoms. The highest BCUT2D eigenvalue weighted by Crippen LogP contribution is 2.52. The number of hydrogen-bond acceptors (Lipinski definition) is 7. The average molecular weight is 560 g/mol. The molecule has 2 aromatic heterocycles. The molecule has 2 aromatic carbocycles. The quantitative estimate of drug-likeness (QED) is 0.353. The molecular weight excluding hydrogens is 530 g/mol. The fraction of sp³-hybridized carbons (Fsp3) is 0.303. The number of rotatable bonds is 5. The van der Waals surface area contributed by atoms with Crippen LogP contribution in [0.1, 0.15) is 47.7 Å². The molecule has 4 aliphatic rings. The Kier molecular flexibility index (Phi) is 5.26. The molecule has 210 valence electrons. The Morgan fingerprint density at radius 1 is 1.02 bits per heavy atom. The summed E-state index contributed by atoms with van der Waals surface area (Å²) in [4.78, 5) is 50.2. The van der Waals surface area contributed by atoms with Crippen LogP contribution in [0.25, 0.3) is 10.9 Å². The number of esters is 1. The minimum Gasteiger partial charge on any atom is -0.466 e. The smallest absolute Gasteiger partial charge is 0.306 e. The number of fused-ring (bicyclic) bond motifs is 4. The number of carbonyl (C=O) groups excluding carboxylic acids is 3. The number of ether oxygens (including phenoxy) is 1. The van der Waals surface area contributed by atoms with Gasteiger partial charge in [-0.15, -0.1) is 0 Å². The minimum atomic E-state index is -0.639. The van der Waals surface area contributed by atoms with Crippen LogP contribution in [-0.4, -0.2) is 40.9 Å². The van der Waals surface area contributed by atoms with Gasteiger partial charge in [-0.3, -0.25) is 19.4 Å². The number of hydrogen-bond donors (Lipinski definition) is 2. The van der Waals surface area contributed by atoms with E-state index < -0.39 is 10.8 Å². The van der Waals surface area contributed by atoms with Gasteiger partial charge in [0, 0.05) is 52.5 Å². The van der Waals surface area contributed by atoms with E-state index >= 15 is 0 Å². The van der Waals surface area contributed by atoms with Gasteiger partial charge in [0.15, 0.2) is 0 Å². The van der Waals surface area contributed by atoms with Crippen LogP contribution in [0.4, 0.5) is 17.2 Å². The van der Waals surface area contributed by atoms with Crippen LogP contribution in [-0.2, 0) is 49.3 Å². The summed E-state index contributed by atoms with van der Waals surface area (Å²) in [6, 6.07) is 18.2. The molecule has 1 unspecified atom stereocenters. The predicted molar refractivity (Wildman–Crippen MR) is 157 cm³/mol. The molecule has 9 heteroatoms. The van der Waals surface area contributed by atoms with Crippen LogP contribution in [0.5, 0.6) is 0 Å². The van der Waals surface area contributed by atoms with Crippen LogP contribution in [0.3, 0.4) is 0 Å². The molecule has 0 saturated carbocycles. The first-order valence-electron chi connectivity index (χ1n) is 14.4. The SMILES string of the molecule is CCOC(=O)CC12CC(=O)Nc3cccc(c31)N(Cc1ccc3cc4c(cc3n1)C[C@]1(C4)C(=O)Nc3ncccc31)C2. The molecule has 2 amide bonds. The second kappa shape index (κ2) is 8.85. The number of amides is 2. The van der Waals surface area contributed by atoms with Gasteiger partial charge >= 0.3 is 5.97 Å². The van der Waals surface area contributed by atoms with E-state index in [1.54, 1.807) is 13.1 Å². The zero-order valence-electron chi connectivity index (χ0n) is 23.2. The van der Waals surface area contributed by atoms with Crippen molar-refractivity contribution in [2.75, 3.05) is 28.7 Å². The van der Waals surface area contributed by atoms with Gasteiger partial charge in [-0.2, -0.15) is 0 Å². The third-order valence-corrected chi connectivity index (χ3v) is 9.36. The molecule has 4 aromatic rings. The molecule has 2 N–H and O–H groups in total. The third kappa shape index (κ3) is 3.59. The van der Waals surface area contributed by atoms with Crippen LogP contribution < -0.4 is 15.5 Å². The molecule has 0 fully saturated rings. The lowest BCUT2D eigenvalue weighted by Gasteiger charge is -2.33. The van der Waals surface area contributed by atoms with Gasteiger partial charge in [-0.25, -0.2) is 4.98 Å². The summed E-state index contributed by atoms with van der Waals surface area (Å²) in [7, 11) is 0. The van der Waals surface area contributed by atoms with Crippen molar-refractivity contribution in [1.82, 2.24) is 9.97 Å². The van der Waals surface area contributed by atoms with Gasteiger partial charge in [0.05, 0.1) is 36.2 Å². The summed E-state index contributed by atoms with van der Waals surface area (Å²) in [6.07, 6.45) is 3.36. The molecule has 8 rings (SSSR count). The van der Waals surface area contributed by atoms with Gasteiger partial charge in [0.2, 0.25) is 11.8 Å². The van der Waals surface area contributed by atoms with Crippen LogP contribution in [0, 0.1) is 0 Å². The summed E-state index contributed by atoms with van der Waals surface area (Å²) in [6.45, 7) is 3.16. The predicted octanol–water partition coefficient (Wildman–Crippen LogP) is 4.17. The second-order valence-corrected chi connectivity index (χ2v) is 11.9. The molecule has 0 bridgehead atoms. The van der Waals surface area contributed by atoms with E-state index in [1.807, 2.05) is 30.3 Å². The van der Waals surface area contributed by atoms with Crippen molar-refractivity contribution in [3.05, 3.63) is 88.7 Å². The number of anilines is 3. The Morgan fingerprint density at radius 2 is 1.88 bits per heavy atom. The van der Waals surface area contributed by atoms with Gasteiger partial charge in [-0.1, -0.05) is 18.2 Å². The molecule has 9 nitrogen and oxygen atoms in total. The van der Waals surface area contributed by atoms with Gasteiger partial charge in [-0.05, 0) is 67.3 Å². The summed E-state index contributed by atoms with van der Waals surface area (Å²) >= 11 is 0. The maximum absolute atomic E-state index is 13.2. The molecule has 42 heavy (non-hydrogen) atoms. The Balaban J connectivity index is 1.12. The maximum atomic E-state index is 13.2. The van der Waals surface area contributed by atoms with Gasteiger partial charge in [0.25, 0.3) is 0 Å². The Hall–Kier alpha value is -4.79. The molecule has 0 saturated heterocycles. The largest absolute Gasteiger partial charge is 0.466 e. The Labute approximate surface area is 242 Å². The first-order chi connectivity index (χ1) is 20.4. The monoisotopic (exact) mass is 559 g/mol. The third-order valence-electron chi connectivity index (χ3n) is 9.36. The molecular formula is C33H29N5O4. The van der Waals surface area contributed by atoms with Crippen LogP contribution >= 0.6 is 0 Å². The average Bonchev–Trinajstić information content (AvgIpc) is 3.57. The number of nitrogens with one attached hydrogen (secondary N) is 2. The van der Waals surface area contributed by atoms with Crippen molar-refractivity contribution < 1.29 is 19.1 Å². The van der Waals surface area contributed by atoms with Crippen LogP contribution in [0.2, 0.25) is 0 Å². The zero-order chi connectivity index (χ0) is 28.6.